The number of nitrogens with zero attached hydrogens (tertiary/aromatic N) is 2. The van der Waals surface area contributed by atoms with Gasteiger partial charge in [0.25, 0.3) is 0 Å². The Labute approximate surface area is 125 Å². The van der Waals surface area contributed by atoms with Crippen molar-refractivity contribution < 1.29 is 4.52 Å². The summed E-state index contributed by atoms with van der Waals surface area (Å²) in [5, 5.41) is 11.5. The van der Waals surface area contributed by atoms with Gasteiger partial charge in [-0.1, -0.05) is 12.1 Å². The number of rotatable bonds is 5. The fourth-order valence-electron chi connectivity index (χ4n) is 2.45. The fourth-order valence-corrected chi connectivity index (χ4v) is 3.25. The number of aromatic nitrogens is 1. The van der Waals surface area contributed by atoms with Crippen LogP contribution in [-0.2, 0) is 13.0 Å². The monoisotopic (exact) mass is 296 g/mol. The molecule has 0 aliphatic heterocycles. The summed E-state index contributed by atoms with van der Waals surface area (Å²) in [6.07, 6.45) is 6.81. The Kier molecular flexibility index (Phi) is 5.76. The molecular formula is C14H24N4OS. The summed E-state index contributed by atoms with van der Waals surface area (Å²) >= 11 is 1.96. The third-order valence-electron chi connectivity index (χ3n) is 3.68. The van der Waals surface area contributed by atoms with E-state index in [1.54, 1.807) is 7.05 Å². The third kappa shape index (κ3) is 4.16. The predicted molar refractivity (Wildman–Crippen MR) is 84.2 cm³/mol. The quantitative estimate of drug-likeness (QED) is 0.644. The van der Waals surface area contributed by atoms with Crippen LogP contribution < -0.4 is 10.6 Å². The fraction of sp³-hybridized carbons (Fsp3) is 0.714. The van der Waals surface area contributed by atoms with Crippen LogP contribution >= 0.6 is 11.8 Å². The molecule has 5 nitrogen and oxygen atoms in total. The molecule has 0 saturated heterocycles. The molecule has 6 heteroatoms. The molecule has 1 aromatic heterocycles. The van der Waals surface area contributed by atoms with E-state index in [4.69, 9.17) is 4.52 Å². The van der Waals surface area contributed by atoms with E-state index in [0.717, 1.165) is 29.1 Å². The molecule has 1 aliphatic carbocycles. The van der Waals surface area contributed by atoms with Gasteiger partial charge >= 0.3 is 0 Å². The lowest BCUT2D eigenvalue weighted by molar-refractivity contribution is 0.374. The van der Waals surface area contributed by atoms with E-state index in [1.165, 1.54) is 19.3 Å². The standard InChI is InChI=1S/C14H24N4OS/c1-4-10-7-12(19-18-10)9-16-14(15-2)17-11-5-6-13(8-11)20-3/h7,11,13H,4-6,8-9H2,1-3H3,(H2,15,16,17). The molecule has 0 amide bonds. The highest BCUT2D eigenvalue weighted by atomic mass is 32.2. The van der Waals surface area contributed by atoms with Crippen molar-refractivity contribution in [2.45, 2.75) is 50.4 Å². The number of hydrogen-bond donors (Lipinski definition) is 2. The molecule has 1 heterocycles. The van der Waals surface area contributed by atoms with Crippen LogP contribution in [0.3, 0.4) is 0 Å². The van der Waals surface area contributed by atoms with Gasteiger partial charge in [-0.2, -0.15) is 11.8 Å². The molecule has 0 bridgehead atoms. The topological polar surface area (TPSA) is 62.5 Å². The molecule has 2 rings (SSSR count). The lowest BCUT2D eigenvalue weighted by atomic mass is 10.2. The van der Waals surface area contributed by atoms with E-state index >= 15 is 0 Å². The highest BCUT2D eigenvalue weighted by Crippen LogP contribution is 2.27. The zero-order valence-corrected chi connectivity index (χ0v) is 13.3. The van der Waals surface area contributed by atoms with Gasteiger partial charge in [0.15, 0.2) is 11.7 Å². The first-order valence-corrected chi connectivity index (χ1v) is 8.48. The van der Waals surface area contributed by atoms with Gasteiger partial charge in [0.2, 0.25) is 0 Å². The highest BCUT2D eigenvalue weighted by molar-refractivity contribution is 7.99. The van der Waals surface area contributed by atoms with Crippen LogP contribution in [0.5, 0.6) is 0 Å². The summed E-state index contributed by atoms with van der Waals surface area (Å²) in [6.45, 7) is 2.68. The second-order valence-corrected chi connectivity index (χ2v) is 6.21. The van der Waals surface area contributed by atoms with Crippen molar-refractivity contribution in [1.82, 2.24) is 15.8 Å². The predicted octanol–water partition coefficient (Wildman–Crippen LogP) is 2.19. The van der Waals surface area contributed by atoms with E-state index in [9.17, 15) is 0 Å². The smallest absolute Gasteiger partial charge is 0.191 e. The normalized spacial score (nSPS) is 23.1. The summed E-state index contributed by atoms with van der Waals surface area (Å²) in [5.41, 5.74) is 0.989. The van der Waals surface area contributed by atoms with Gasteiger partial charge in [-0.3, -0.25) is 4.99 Å². The summed E-state index contributed by atoms with van der Waals surface area (Å²) < 4.78 is 5.26. The van der Waals surface area contributed by atoms with Crippen molar-refractivity contribution in [2.75, 3.05) is 13.3 Å². The maximum absolute atomic E-state index is 5.26. The summed E-state index contributed by atoms with van der Waals surface area (Å²) in [5.74, 6) is 1.68. The molecule has 0 aromatic carbocycles. The molecule has 2 atom stereocenters. The Morgan fingerprint density at radius 1 is 1.55 bits per heavy atom. The molecule has 112 valence electrons. The second-order valence-electron chi connectivity index (χ2n) is 5.08. The molecule has 0 radical (unpaired) electrons. The molecular weight excluding hydrogens is 272 g/mol. The van der Waals surface area contributed by atoms with Crippen molar-refractivity contribution in [3.8, 4) is 0 Å². The molecule has 1 aromatic rings. The van der Waals surface area contributed by atoms with Gasteiger partial charge in [-0.05, 0) is 31.9 Å². The minimum absolute atomic E-state index is 0.527. The lowest BCUT2D eigenvalue weighted by Crippen LogP contribution is -2.42. The van der Waals surface area contributed by atoms with E-state index in [0.29, 0.717) is 12.6 Å². The first-order chi connectivity index (χ1) is 9.75. The van der Waals surface area contributed by atoms with Gasteiger partial charge in [0, 0.05) is 24.4 Å². The first kappa shape index (κ1) is 15.2. The summed E-state index contributed by atoms with van der Waals surface area (Å²) in [7, 11) is 1.80. The molecule has 2 unspecified atom stereocenters. The summed E-state index contributed by atoms with van der Waals surface area (Å²) in [4.78, 5) is 4.27. The number of aryl methyl sites for hydroxylation is 1. The molecule has 0 spiro atoms. The molecule has 1 aliphatic rings. The molecule has 2 N–H and O–H groups in total. The highest BCUT2D eigenvalue weighted by Gasteiger charge is 2.24. The number of nitrogens with one attached hydrogen (secondary N) is 2. The van der Waals surface area contributed by atoms with E-state index in [1.807, 2.05) is 17.8 Å². The van der Waals surface area contributed by atoms with Crippen molar-refractivity contribution in [3.63, 3.8) is 0 Å². The molecule has 1 fully saturated rings. The van der Waals surface area contributed by atoms with Crippen LogP contribution in [0.15, 0.2) is 15.6 Å². The van der Waals surface area contributed by atoms with E-state index in [2.05, 4.69) is 34.0 Å². The Morgan fingerprint density at radius 3 is 3.00 bits per heavy atom. The minimum Gasteiger partial charge on any atom is -0.359 e. The van der Waals surface area contributed by atoms with Gasteiger partial charge in [0.1, 0.15) is 0 Å². The van der Waals surface area contributed by atoms with Gasteiger partial charge in [0.05, 0.1) is 12.2 Å². The average Bonchev–Trinajstić information content (AvgIpc) is 3.12. The van der Waals surface area contributed by atoms with Gasteiger partial charge in [-0.15, -0.1) is 0 Å². The van der Waals surface area contributed by atoms with Crippen molar-refractivity contribution in [1.29, 1.82) is 0 Å². The van der Waals surface area contributed by atoms with Crippen LogP contribution in [0.25, 0.3) is 0 Å². The van der Waals surface area contributed by atoms with Crippen LogP contribution in [0.2, 0.25) is 0 Å². The molecule has 20 heavy (non-hydrogen) atoms. The number of thioether (sulfide) groups is 1. The zero-order chi connectivity index (χ0) is 14.4. The lowest BCUT2D eigenvalue weighted by Gasteiger charge is -2.16. The number of aliphatic imine (C=N–C) groups is 1. The first-order valence-electron chi connectivity index (χ1n) is 7.19. The Balaban J connectivity index is 1.78. The maximum atomic E-state index is 5.26. The van der Waals surface area contributed by atoms with Crippen LogP contribution in [-0.4, -0.2) is 35.7 Å². The van der Waals surface area contributed by atoms with Crippen molar-refractivity contribution in [3.05, 3.63) is 17.5 Å². The Morgan fingerprint density at radius 2 is 2.40 bits per heavy atom. The van der Waals surface area contributed by atoms with E-state index in [-0.39, 0.29) is 0 Å². The third-order valence-corrected chi connectivity index (χ3v) is 4.78. The van der Waals surface area contributed by atoms with E-state index < -0.39 is 0 Å². The number of guanidine groups is 1. The van der Waals surface area contributed by atoms with Crippen LogP contribution in [0.4, 0.5) is 0 Å². The SMILES string of the molecule is CCc1cc(CNC(=NC)NC2CCC(SC)C2)on1. The van der Waals surface area contributed by atoms with Crippen LogP contribution in [0.1, 0.15) is 37.6 Å². The maximum Gasteiger partial charge on any atom is 0.191 e. The zero-order valence-electron chi connectivity index (χ0n) is 12.5. The second kappa shape index (κ2) is 7.57. The van der Waals surface area contributed by atoms with Crippen molar-refractivity contribution in [2.24, 2.45) is 4.99 Å². The van der Waals surface area contributed by atoms with Crippen LogP contribution in [0, 0.1) is 0 Å². The average molecular weight is 296 g/mol. The largest absolute Gasteiger partial charge is 0.359 e. The minimum atomic E-state index is 0.527. The summed E-state index contributed by atoms with van der Waals surface area (Å²) in [6, 6.07) is 2.51. The number of hydrogen-bond acceptors (Lipinski definition) is 4. The Bertz CT molecular complexity index is 446. The van der Waals surface area contributed by atoms with Crippen molar-refractivity contribution >= 4 is 17.7 Å². The molecule has 1 saturated carbocycles. The van der Waals surface area contributed by atoms with Gasteiger partial charge < -0.3 is 15.2 Å². The Hall–Kier alpha value is -1.17. The van der Waals surface area contributed by atoms with Gasteiger partial charge in [-0.25, -0.2) is 0 Å².